The van der Waals surface area contributed by atoms with Crippen molar-refractivity contribution in [3.63, 3.8) is 0 Å². The maximum absolute atomic E-state index is 12.4. The van der Waals surface area contributed by atoms with Gasteiger partial charge in [-0.15, -0.1) is 0 Å². The molecule has 1 aromatic rings. The van der Waals surface area contributed by atoms with Gasteiger partial charge in [0.25, 0.3) is 0 Å². The molecule has 0 aromatic heterocycles. The Balaban J connectivity index is 1.94. The molecule has 0 amide bonds. The summed E-state index contributed by atoms with van der Waals surface area (Å²) in [6.07, 6.45) is 0.195. The highest BCUT2D eigenvalue weighted by atomic mass is 16.5. The Kier molecular flexibility index (Phi) is 5.54. The van der Waals surface area contributed by atoms with Crippen molar-refractivity contribution in [2.75, 3.05) is 19.7 Å². The van der Waals surface area contributed by atoms with Gasteiger partial charge in [0.2, 0.25) is 0 Å². The van der Waals surface area contributed by atoms with Crippen LogP contribution in [0, 0.1) is 0 Å². The summed E-state index contributed by atoms with van der Waals surface area (Å²) >= 11 is 0. The van der Waals surface area contributed by atoms with Crippen molar-refractivity contribution in [2.45, 2.75) is 52.2 Å². The van der Waals surface area contributed by atoms with Crippen LogP contribution in [-0.4, -0.2) is 42.5 Å². The van der Waals surface area contributed by atoms with E-state index < -0.39 is 0 Å². The molecule has 1 saturated heterocycles. The summed E-state index contributed by atoms with van der Waals surface area (Å²) in [5.74, 6) is 0.716. The van der Waals surface area contributed by atoms with E-state index in [1.807, 2.05) is 0 Å². The van der Waals surface area contributed by atoms with E-state index in [1.54, 1.807) is 0 Å². The molecule has 1 heterocycles. The number of Topliss-reactive ketones (excluding diaryl/α,β-unsaturated/α-hetero) is 1. The number of nitrogens with zero attached hydrogens (tertiary/aromatic N) is 1. The summed E-state index contributed by atoms with van der Waals surface area (Å²) in [5.41, 5.74) is 2.39. The third-order valence-corrected chi connectivity index (χ3v) is 4.21. The summed E-state index contributed by atoms with van der Waals surface area (Å²) in [5, 5.41) is 0. The van der Waals surface area contributed by atoms with Gasteiger partial charge in [-0.3, -0.25) is 9.69 Å². The first-order chi connectivity index (χ1) is 9.97. The van der Waals surface area contributed by atoms with Gasteiger partial charge in [-0.05, 0) is 30.9 Å². The Morgan fingerprint density at radius 3 is 2.48 bits per heavy atom. The maximum atomic E-state index is 12.4. The number of benzene rings is 1. The van der Waals surface area contributed by atoms with Crippen LogP contribution in [0.15, 0.2) is 24.3 Å². The van der Waals surface area contributed by atoms with Gasteiger partial charge in [-0.25, -0.2) is 0 Å². The Hall–Kier alpha value is -1.19. The van der Waals surface area contributed by atoms with Crippen LogP contribution in [0.5, 0.6) is 0 Å². The average Bonchev–Trinajstić information content (AvgIpc) is 2.48. The lowest BCUT2D eigenvalue weighted by Gasteiger charge is -2.34. The molecule has 1 aromatic carbocycles. The van der Waals surface area contributed by atoms with Crippen LogP contribution in [0.2, 0.25) is 0 Å². The molecule has 116 valence electrons. The number of morpholine rings is 1. The minimum absolute atomic E-state index is 0.192. The van der Waals surface area contributed by atoms with Crippen molar-refractivity contribution in [2.24, 2.45) is 0 Å². The number of rotatable bonds is 5. The molecule has 1 unspecified atom stereocenters. The Morgan fingerprint density at radius 1 is 1.24 bits per heavy atom. The number of hydrogen-bond donors (Lipinski definition) is 0. The largest absolute Gasteiger partial charge is 0.368 e. The van der Waals surface area contributed by atoms with Crippen molar-refractivity contribution in [3.8, 4) is 0 Å². The van der Waals surface area contributed by atoms with Crippen molar-refractivity contribution in [1.29, 1.82) is 0 Å². The zero-order valence-corrected chi connectivity index (χ0v) is 13.6. The molecule has 21 heavy (non-hydrogen) atoms. The van der Waals surface area contributed by atoms with Gasteiger partial charge in [0.05, 0.1) is 6.61 Å². The fourth-order valence-corrected chi connectivity index (χ4v) is 2.67. The van der Waals surface area contributed by atoms with E-state index >= 15 is 0 Å². The molecule has 1 aliphatic heterocycles. The van der Waals surface area contributed by atoms with Crippen LogP contribution < -0.4 is 0 Å². The van der Waals surface area contributed by atoms with Gasteiger partial charge in [-0.2, -0.15) is 0 Å². The molecule has 1 atom stereocenters. The van der Waals surface area contributed by atoms with Crippen LogP contribution >= 0.6 is 0 Å². The van der Waals surface area contributed by atoms with Crippen molar-refractivity contribution >= 4 is 5.78 Å². The van der Waals surface area contributed by atoms with E-state index in [1.165, 1.54) is 5.56 Å². The highest BCUT2D eigenvalue weighted by Gasteiger charge is 2.27. The second-order valence-electron chi connectivity index (χ2n) is 6.49. The molecule has 0 aliphatic carbocycles. The smallest absolute Gasteiger partial charge is 0.167 e. The third-order valence-electron chi connectivity index (χ3n) is 4.21. The van der Waals surface area contributed by atoms with Gasteiger partial charge < -0.3 is 4.74 Å². The summed E-state index contributed by atoms with van der Waals surface area (Å²) in [6, 6.07) is 8.84. The molecule has 0 saturated carbocycles. The van der Waals surface area contributed by atoms with Crippen molar-refractivity contribution in [3.05, 3.63) is 35.4 Å². The van der Waals surface area contributed by atoms with Gasteiger partial charge in [0, 0.05) is 25.6 Å². The summed E-state index contributed by atoms with van der Waals surface area (Å²) < 4.78 is 5.66. The van der Waals surface area contributed by atoms with E-state index in [2.05, 4.69) is 56.9 Å². The average molecular weight is 289 g/mol. The van der Waals surface area contributed by atoms with Crippen molar-refractivity contribution in [1.82, 2.24) is 4.90 Å². The molecule has 2 rings (SSSR count). The minimum Gasteiger partial charge on any atom is -0.368 e. The van der Waals surface area contributed by atoms with Crippen LogP contribution in [-0.2, 0) is 16.0 Å². The second-order valence-corrected chi connectivity index (χ2v) is 6.49. The molecule has 3 heteroatoms. The first kappa shape index (κ1) is 16.2. The standard InChI is InChI=1S/C18H27NO2/c1-13(2)16-7-5-15(6-8-16)11-17(20)18-12-19(14(3)4)9-10-21-18/h5-8,13-14,18H,9-12H2,1-4H3. The third kappa shape index (κ3) is 4.39. The summed E-state index contributed by atoms with van der Waals surface area (Å²) in [4.78, 5) is 14.7. The lowest BCUT2D eigenvalue weighted by atomic mass is 9.98. The second kappa shape index (κ2) is 7.19. The predicted octanol–water partition coefficient (Wildman–Crippen LogP) is 3.03. The first-order valence-corrected chi connectivity index (χ1v) is 7.94. The van der Waals surface area contributed by atoms with Gasteiger partial charge in [0.15, 0.2) is 5.78 Å². The minimum atomic E-state index is -0.272. The Bertz CT molecular complexity index is 465. The summed E-state index contributed by atoms with van der Waals surface area (Å²) in [7, 11) is 0. The highest BCUT2D eigenvalue weighted by molar-refractivity contribution is 5.85. The zero-order chi connectivity index (χ0) is 15.4. The SMILES string of the molecule is CC(C)c1ccc(CC(=O)C2CN(C(C)C)CCO2)cc1. The molecule has 0 bridgehead atoms. The Labute approximate surface area is 128 Å². The van der Waals surface area contributed by atoms with E-state index in [0.29, 0.717) is 25.0 Å². The number of carbonyl (C=O) groups excluding carboxylic acids is 1. The van der Waals surface area contributed by atoms with Crippen LogP contribution in [0.3, 0.4) is 0 Å². The molecule has 1 fully saturated rings. The van der Waals surface area contributed by atoms with E-state index in [9.17, 15) is 4.79 Å². The maximum Gasteiger partial charge on any atom is 0.167 e. The van der Waals surface area contributed by atoms with E-state index in [-0.39, 0.29) is 11.9 Å². The van der Waals surface area contributed by atoms with Gasteiger partial charge in [-0.1, -0.05) is 38.1 Å². The fraction of sp³-hybridized carbons (Fsp3) is 0.611. The van der Waals surface area contributed by atoms with E-state index in [0.717, 1.165) is 18.7 Å². The fourth-order valence-electron chi connectivity index (χ4n) is 2.67. The van der Waals surface area contributed by atoms with Crippen LogP contribution in [0.4, 0.5) is 0 Å². The molecule has 0 N–H and O–H groups in total. The number of carbonyl (C=O) groups is 1. The van der Waals surface area contributed by atoms with Crippen molar-refractivity contribution < 1.29 is 9.53 Å². The van der Waals surface area contributed by atoms with E-state index in [4.69, 9.17) is 4.74 Å². The zero-order valence-electron chi connectivity index (χ0n) is 13.6. The number of ketones is 1. The molecule has 3 nitrogen and oxygen atoms in total. The lowest BCUT2D eigenvalue weighted by Crippen LogP contribution is -2.49. The quantitative estimate of drug-likeness (QED) is 0.834. The van der Waals surface area contributed by atoms with Crippen LogP contribution in [0.1, 0.15) is 44.7 Å². The number of ether oxygens (including phenoxy) is 1. The molecule has 0 spiro atoms. The monoisotopic (exact) mass is 289 g/mol. The predicted molar refractivity (Wildman–Crippen MR) is 85.7 cm³/mol. The van der Waals surface area contributed by atoms with Gasteiger partial charge in [0.1, 0.15) is 6.10 Å². The Morgan fingerprint density at radius 2 is 1.90 bits per heavy atom. The topological polar surface area (TPSA) is 29.5 Å². The lowest BCUT2D eigenvalue weighted by molar-refractivity contribution is -0.136. The summed E-state index contributed by atoms with van der Waals surface area (Å²) in [6.45, 7) is 11.0. The molecular weight excluding hydrogens is 262 g/mol. The normalized spacial score (nSPS) is 20.2. The molecular formula is C18H27NO2. The molecule has 1 aliphatic rings. The van der Waals surface area contributed by atoms with Crippen LogP contribution in [0.25, 0.3) is 0 Å². The first-order valence-electron chi connectivity index (χ1n) is 7.94. The number of hydrogen-bond acceptors (Lipinski definition) is 3. The molecule has 0 radical (unpaired) electrons. The van der Waals surface area contributed by atoms with Gasteiger partial charge >= 0.3 is 0 Å². The highest BCUT2D eigenvalue weighted by Crippen LogP contribution is 2.16.